The highest BCUT2D eigenvalue weighted by Crippen LogP contribution is 2.59. The number of nitrogens with two attached hydrogens (primary N) is 1. The number of anilines is 2. The molecule has 3 atom stereocenters. The summed E-state index contributed by atoms with van der Waals surface area (Å²) in [6, 6.07) is 0.329. The number of ether oxygens (including phenoxy) is 1. The first kappa shape index (κ1) is 18.4. The van der Waals surface area contributed by atoms with E-state index in [1.807, 2.05) is 4.57 Å². The lowest BCUT2D eigenvalue weighted by atomic mass is 9.96. The number of fused-ring (bicyclic) bond motifs is 2. The maximum absolute atomic E-state index is 9.72. The molecule has 1 saturated carbocycles. The fourth-order valence-corrected chi connectivity index (χ4v) is 5.20. The summed E-state index contributed by atoms with van der Waals surface area (Å²) >= 11 is 0. The summed E-state index contributed by atoms with van der Waals surface area (Å²) in [4.78, 5) is 32.5. The molecule has 2 saturated heterocycles. The lowest BCUT2D eigenvalue weighted by Crippen LogP contribution is -2.34. The largest absolute Gasteiger partial charge is 0.570 e. The van der Waals surface area contributed by atoms with Gasteiger partial charge in [0.25, 0.3) is 0 Å². The number of nitrogens with zero attached hydrogens (tertiary/aromatic N) is 4. The lowest BCUT2D eigenvalue weighted by molar-refractivity contribution is -0.0745. The van der Waals surface area contributed by atoms with Gasteiger partial charge in [0.05, 0.1) is 0 Å². The fourth-order valence-electron chi connectivity index (χ4n) is 4.23. The van der Waals surface area contributed by atoms with E-state index in [9.17, 15) is 9.79 Å². The highest BCUT2D eigenvalue weighted by atomic mass is 31.2. The van der Waals surface area contributed by atoms with Crippen LogP contribution in [0.15, 0.2) is 6.33 Å². The monoisotopic (exact) mass is 411 g/mol. The topological polar surface area (TPSA) is 150 Å². The zero-order valence-electron chi connectivity index (χ0n) is 15.3. The minimum absolute atomic E-state index is 0.0666. The molecule has 2 aromatic heterocycles. The first-order valence-corrected chi connectivity index (χ1v) is 11.1. The molecule has 3 fully saturated rings. The number of aromatic nitrogens is 4. The van der Waals surface area contributed by atoms with Crippen LogP contribution >= 0.6 is 8.17 Å². The summed E-state index contributed by atoms with van der Waals surface area (Å²) in [5, 5.41) is 3.53. The van der Waals surface area contributed by atoms with Crippen molar-refractivity contribution in [3.8, 4) is 0 Å². The van der Waals surface area contributed by atoms with Crippen LogP contribution < -0.4 is 11.1 Å². The van der Waals surface area contributed by atoms with Gasteiger partial charge >= 0.3 is 8.17 Å². The molecule has 0 bridgehead atoms. The normalized spacial score (nSPS) is 30.4. The third-order valence-electron chi connectivity index (χ3n) is 5.59. The standard InChI is InChI=1S/C16H24N6O5P/c17-14-13-15(19-8-18-14)22(16(21-13)20-9-4-2-1-3-5-9)12-6-10-11(26-12)7-25-28(23,24)27-10/h8-12,23-24H,1-7H2,(H,20,21)(H2,17,18,19)/q+1/t10-,11+,12-/m1/s1. The Labute approximate surface area is 161 Å². The number of rotatable bonds is 3. The van der Waals surface area contributed by atoms with Crippen LogP contribution in [0.25, 0.3) is 11.2 Å². The lowest BCUT2D eigenvalue weighted by Gasteiger charge is -2.25. The third kappa shape index (κ3) is 3.32. The molecule has 0 unspecified atom stereocenters. The van der Waals surface area contributed by atoms with Gasteiger partial charge in [0.15, 0.2) is 17.0 Å². The zero-order chi connectivity index (χ0) is 19.3. The van der Waals surface area contributed by atoms with E-state index in [2.05, 4.69) is 20.3 Å². The number of hydrogen-bond acceptors (Lipinski definition) is 10. The van der Waals surface area contributed by atoms with Crippen molar-refractivity contribution >= 4 is 31.1 Å². The van der Waals surface area contributed by atoms with Crippen molar-refractivity contribution < 1.29 is 23.6 Å². The third-order valence-corrected chi connectivity index (χ3v) is 6.62. The minimum Gasteiger partial charge on any atom is -0.382 e. The Bertz CT molecular complexity index is 873. The number of imidazole rings is 1. The van der Waals surface area contributed by atoms with Crippen LogP contribution in [0.1, 0.15) is 44.8 Å². The van der Waals surface area contributed by atoms with Crippen LogP contribution in [-0.4, -0.2) is 54.2 Å². The molecule has 5 N–H and O–H groups in total. The molecule has 0 amide bonds. The molecule has 28 heavy (non-hydrogen) atoms. The molecular formula is C16H24N6O5P+. The Morgan fingerprint density at radius 2 is 2.00 bits per heavy atom. The van der Waals surface area contributed by atoms with Crippen molar-refractivity contribution in [1.82, 2.24) is 19.5 Å². The van der Waals surface area contributed by atoms with Gasteiger partial charge in [0.2, 0.25) is 5.95 Å². The van der Waals surface area contributed by atoms with Crippen LogP contribution in [-0.2, 0) is 13.8 Å². The van der Waals surface area contributed by atoms with Crippen LogP contribution in [0.4, 0.5) is 11.8 Å². The van der Waals surface area contributed by atoms with Crippen LogP contribution in [0.3, 0.4) is 0 Å². The van der Waals surface area contributed by atoms with Gasteiger partial charge in [-0.3, -0.25) is 4.57 Å². The predicted octanol–water partition coefficient (Wildman–Crippen LogP) is 1.52. The van der Waals surface area contributed by atoms with Crippen molar-refractivity contribution in [1.29, 1.82) is 0 Å². The van der Waals surface area contributed by atoms with Crippen molar-refractivity contribution in [2.24, 2.45) is 0 Å². The molecular weight excluding hydrogens is 387 g/mol. The molecule has 5 rings (SSSR count). The summed E-state index contributed by atoms with van der Waals surface area (Å²) in [6.07, 6.45) is 6.32. The second-order valence-electron chi connectivity index (χ2n) is 7.51. The summed E-state index contributed by atoms with van der Waals surface area (Å²) in [7, 11) is -3.77. The van der Waals surface area contributed by atoms with Gasteiger partial charge in [0, 0.05) is 12.5 Å². The summed E-state index contributed by atoms with van der Waals surface area (Å²) < 4.78 is 18.3. The quantitative estimate of drug-likeness (QED) is 0.547. The van der Waals surface area contributed by atoms with E-state index in [0.717, 1.165) is 12.8 Å². The van der Waals surface area contributed by atoms with Gasteiger partial charge in [-0.15, -0.1) is 4.52 Å². The molecule has 0 aromatic carbocycles. The average molecular weight is 411 g/mol. The Balaban J connectivity index is 1.49. The van der Waals surface area contributed by atoms with Gasteiger partial charge < -0.3 is 15.8 Å². The number of nitrogens with one attached hydrogen (secondary N) is 1. The number of nitrogen functional groups attached to an aromatic ring is 1. The Hall–Kier alpha value is -1.62. The first-order chi connectivity index (χ1) is 13.5. The van der Waals surface area contributed by atoms with E-state index in [0.29, 0.717) is 35.4 Å². The molecule has 4 heterocycles. The fraction of sp³-hybridized carbons (Fsp3) is 0.688. The van der Waals surface area contributed by atoms with Crippen LogP contribution in [0, 0.1) is 0 Å². The molecule has 12 heteroatoms. The molecule has 3 aliphatic rings. The van der Waals surface area contributed by atoms with E-state index in [1.165, 1.54) is 25.6 Å². The van der Waals surface area contributed by atoms with Crippen LogP contribution in [0.5, 0.6) is 0 Å². The second-order valence-corrected chi connectivity index (χ2v) is 8.96. The maximum Gasteiger partial charge on any atom is 0.570 e. The van der Waals surface area contributed by atoms with Crippen molar-refractivity contribution in [2.75, 3.05) is 17.7 Å². The molecule has 11 nitrogen and oxygen atoms in total. The molecule has 2 aliphatic heterocycles. The van der Waals surface area contributed by atoms with Crippen molar-refractivity contribution in [3.05, 3.63) is 6.33 Å². The molecule has 0 spiro atoms. The molecule has 1 aliphatic carbocycles. The average Bonchev–Trinajstić information content (AvgIpc) is 3.23. The van der Waals surface area contributed by atoms with E-state index in [4.69, 9.17) is 19.5 Å². The molecule has 152 valence electrons. The SMILES string of the molecule is Nc1ncnc2c1nc(NC1CCCCC1)n2[C@H]1C[C@H]2O[P+](O)(O)OC[C@@H]2O1. The Morgan fingerprint density at radius 3 is 2.82 bits per heavy atom. The van der Waals surface area contributed by atoms with E-state index >= 15 is 0 Å². The minimum atomic E-state index is -3.77. The van der Waals surface area contributed by atoms with E-state index < -0.39 is 26.6 Å². The molecule has 2 aromatic rings. The predicted molar refractivity (Wildman–Crippen MR) is 101 cm³/mol. The second kappa shape index (κ2) is 7.01. The first-order valence-electron chi connectivity index (χ1n) is 9.58. The van der Waals surface area contributed by atoms with Crippen molar-refractivity contribution in [3.63, 3.8) is 0 Å². The van der Waals surface area contributed by atoms with Crippen LogP contribution in [0.2, 0.25) is 0 Å². The highest BCUT2D eigenvalue weighted by Gasteiger charge is 2.55. The Morgan fingerprint density at radius 1 is 1.18 bits per heavy atom. The van der Waals surface area contributed by atoms with Crippen molar-refractivity contribution in [2.45, 2.75) is 63.0 Å². The smallest absolute Gasteiger partial charge is 0.382 e. The van der Waals surface area contributed by atoms with Gasteiger partial charge in [-0.1, -0.05) is 19.3 Å². The molecule has 0 radical (unpaired) electrons. The van der Waals surface area contributed by atoms with Gasteiger partial charge in [-0.2, -0.15) is 14.3 Å². The number of hydrogen-bond donors (Lipinski definition) is 4. The summed E-state index contributed by atoms with van der Waals surface area (Å²) in [5.74, 6) is 0.939. The summed E-state index contributed by atoms with van der Waals surface area (Å²) in [6.45, 7) is 0.0666. The van der Waals surface area contributed by atoms with Gasteiger partial charge in [0.1, 0.15) is 31.4 Å². The summed E-state index contributed by atoms with van der Waals surface area (Å²) in [5.41, 5.74) is 7.11. The van der Waals surface area contributed by atoms with E-state index in [-0.39, 0.29) is 6.61 Å². The van der Waals surface area contributed by atoms with E-state index in [1.54, 1.807) is 0 Å². The van der Waals surface area contributed by atoms with Gasteiger partial charge in [-0.05, 0) is 12.8 Å². The maximum atomic E-state index is 9.72. The van der Waals surface area contributed by atoms with Gasteiger partial charge in [-0.25, -0.2) is 15.0 Å². The Kier molecular flexibility index (Phi) is 4.61. The highest BCUT2D eigenvalue weighted by molar-refractivity contribution is 7.54. The zero-order valence-corrected chi connectivity index (χ0v) is 16.2.